The summed E-state index contributed by atoms with van der Waals surface area (Å²) in [6.45, 7) is 0.593. The van der Waals surface area contributed by atoms with E-state index >= 15 is 0 Å². The molecule has 0 rings (SSSR count). The molecule has 0 saturated carbocycles. The molecular weight excluding hydrogens is 650 g/mol. The molecular formula is C31H55N5O13. The summed E-state index contributed by atoms with van der Waals surface area (Å²) in [4.78, 5) is 84.0. The number of amides is 5. The predicted octanol–water partition coefficient (Wildman–Crippen LogP) is -0.616. The van der Waals surface area contributed by atoms with Gasteiger partial charge in [0.05, 0.1) is 25.3 Å². The van der Waals surface area contributed by atoms with E-state index in [0.29, 0.717) is 6.42 Å². The van der Waals surface area contributed by atoms with Gasteiger partial charge >= 0.3 is 11.9 Å². The van der Waals surface area contributed by atoms with E-state index in [0.717, 1.165) is 38.5 Å². The number of ether oxygens (including phenoxy) is 2. The van der Waals surface area contributed by atoms with Gasteiger partial charge in [-0.15, -0.1) is 0 Å². The monoisotopic (exact) mass is 705 g/mol. The molecule has 0 aliphatic carbocycles. The van der Waals surface area contributed by atoms with Gasteiger partial charge in [0.15, 0.2) is 0 Å². The number of nitrogens with one attached hydrogen (secondary N) is 4. The predicted molar refractivity (Wildman–Crippen MR) is 173 cm³/mol. The van der Waals surface area contributed by atoms with Gasteiger partial charge in [0.25, 0.3) is 0 Å². The molecule has 18 heteroatoms. The van der Waals surface area contributed by atoms with Gasteiger partial charge in [-0.2, -0.15) is 0 Å². The Balaban J connectivity index is 4.91. The molecule has 5 amide bonds. The number of carbonyl (C=O) groups is 7. The maximum atomic E-state index is 12.6. The van der Waals surface area contributed by atoms with Crippen LogP contribution in [0, 0.1) is 0 Å². The van der Waals surface area contributed by atoms with Crippen LogP contribution >= 0.6 is 0 Å². The number of carbonyl (C=O) groups excluding carboxylic acids is 5. The average molecular weight is 706 g/mol. The van der Waals surface area contributed by atoms with Crippen LogP contribution in [0.4, 0.5) is 0 Å². The number of carboxylic acids is 2. The number of unbranched alkanes of at least 4 members (excludes halogenated alkanes) is 5. The van der Waals surface area contributed by atoms with E-state index in [2.05, 4.69) is 28.2 Å². The third-order valence-electron chi connectivity index (χ3n) is 7.35. The molecule has 0 saturated heterocycles. The number of hydrogen-bond donors (Lipinski definition) is 9. The normalized spacial score (nSPS) is 13.4. The Morgan fingerprint density at radius 1 is 0.551 bits per heavy atom. The van der Waals surface area contributed by atoms with Crippen LogP contribution in [0.5, 0.6) is 0 Å². The number of nitrogens with two attached hydrogens (primary N) is 1. The Kier molecular flexibility index (Phi) is 25.8. The zero-order chi connectivity index (χ0) is 37.0. The molecule has 0 fully saturated rings. The van der Waals surface area contributed by atoms with Crippen molar-refractivity contribution in [3.63, 3.8) is 0 Å². The lowest BCUT2D eigenvalue weighted by molar-refractivity contribution is -0.142. The fraction of sp³-hybridized carbons (Fsp3) is 0.774. The third kappa shape index (κ3) is 24.9. The first-order valence-electron chi connectivity index (χ1n) is 16.6. The number of hydrogen-bond acceptors (Lipinski definition) is 11. The molecule has 282 valence electrons. The maximum absolute atomic E-state index is 12.6. The average Bonchev–Trinajstić information content (AvgIpc) is 3.04. The van der Waals surface area contributed by atoms with Crippen molar-refractivity contribution in [1.29, 1.82) is 0 Å². The third-order valence-corrected chi connectivity index (χ3v) is 7.35. The lowest BCUT2D eigenvalue weighted by atomic mass is 10.1. The Hall–Kier alpha value is -3.87. The van der Waals surface area contributed by atoms with Gasteiger partial charge in [0, 0.05) is 32.1 Å². The van der Waals surface area contributed by atoms with Crippen LogP contribution in [0.1, 0.15) is 103 Å². The van der Waals surface area contributed by atoms with Crippen LogP contribution < -0.4 is 27.0 Å². The van der Waals surface area contributed by atoms with Gasteiger partial charge in [0.2, 0.25) is 29.5 Å². The summed E-state index contributed by atoms with van der Waals surface area (Å²) in [5.74, 6) is -5.64. The molecule has 0 aliphatic heterocycles. The van der Waals surface area contributed by atoms with Crippen LogP contribution in [-0.4, -0.2) is 113 Å². The minimum absolute atomic E-state index is 0.0323. The van der Waals surface area contributed by atoms with Crippen molar-refractivity contribution in [2.75, 3.05) is 26.8 Å². The number of aliphatic hydroxyl groups excluding tert-OH is 2. The minimum Gasteiger partial charge on any atom is -0.480 e. The zero-order valence-electron chi connectivity index (χ0n) is 28.3. The summed E-state index contributed by atoms with van der Waals surface area (Å²) in [5.41, 5.74) is 5.03. The van der Waals surface area contributed by atoms with Gasteiger partial charge in [-0.3, -0.25) is 24.0 Å². The van der Waals surface area contributed by atoms with Crippen molar-refractivity contribution in [2.45, 2.75) is 127 Å². The highest BCUT2D eigenvalue weighted by Crippen LogP contribution is 2.09. The molecule has 49 heavy (non-hydrogen) atoms. The summed E-state index contributed by atoms with van der Waals surface area (Å²) in [7, 11) is 0. The van der Waals surface area contributed by atoms with Crippen molar-refractivity contribution >= 4 is 41.5 Å². The molecule has 0 radical (unpaired) electrons. The number of rotatable bonds is 31. The van der Waals surface area contributed by atoms with Crippen LogP contribution in [0.25, 0.3) is 0 Å². The number of aliphatic hydroxyl groups is 2. The molecule has 0 bridgehead atoms. The minimum atomic E-state index is -1.42. The van der Waals surface area contributed by atoms with Crippen molar-refractivity contribution in [1.82, 2.24) is 21.3 Å². The largest absolute Gasteiger partial charge is 0.480 e. The summed E-state index contributed by atoms with van der Waals surface area (Å²) < 4.78 is 9.92. The molecule has 10 N–H and O–H groups in total. The molecule has 0 aromatic carbocycles. The van der Waals surface area contributed by atoms with Crippen LogP contribution in [0.15, 0.2) is 0 Å². The second-order valence-corrected chi connectivity index (χ2v) is 11.6. The summed E-state index contributed by atoms with van der Waals surface area (Å²) in [5, 5.41) is 46.8. The Bertz CT molecular complexity index is 1030. The van der Waals surface area contributed by atoms with E-state index in [1.807, 2.05) is 0 Å². The second-order valence-electron chi connectivity index (χ2n) is 11.6. The van der Waals surface area contributed by atoms with Crippen molar-refractivity contribution in [3.8, 4) is 0 Å². The fourth-order valence-electron chi connectivity index (χ4n) is 4.67. The van der Waals surface area contributed by atoms with E-state index < -0.39 is 73.3 Å². The number of carboxylic acid groups (broad SMARTS) is 2. The second kappa shape index (κ2) is 28.0. The first-order valence-corrected chi connectivity index (χ1v) is 16.6. The van der Waals surface area contributed by atoms with Gasteiger partial charge in [-0.25, -0.2) is 9.59 Å². The first-order chi connectivity index (χ1) is 23.3. The van der Waals surface area contributed by atoms with Gasteiger partial charge in [0.1, 0.15) is 25.7 Å². The van der Waals surface area contributed by atoms with Gasteiger partial charge < -0.3 is 56.9 Å². The quantitative estimate of drug-likeness (QED) is 0.0322. The topological polar surface area (TPSA) is 293 Å². The maximum Gasteiger partial charge on any atom is 0.326 e. The fourth-order valence-corrected chi connectivity index (χ4v) is 4.67. The van der Waals surface area contributed by atoms with Crippen LogP contribution in [-0.2, 0) is 43.0 Å². The highest BCUT2D eigenvalue weighted by Gasteiger charge is 2.24. The van der Waals surface area contributed by atoms with Crippen molar-refractivity contribution in [3.05, 3.63) is 0 Å². The highest BCUT2D eigenvalue weighted by atomic mass is 16.6. The number of aliphatic carboxylic acids is 2. The van der Waals surface area contributed by atoms with Gasteiger partial charge in [-0.05, 0) is 32.1 Å². The smallest absolute Gasteiger partial charge is 0.326 e. The van der Waals surface area contributed by atoms with E-state index in [9.17, 15) is 43.8 Å². The summed E-state index contributed by atoms with van der Waals surface area (Å²) in [6, 6.07) is -4.17. The van der Waals surface area contributed by atoms with Crippen molar-refractivity contribution < 1.29 is 63.5 Å². The molecule has 0 aromatic rings. The Morgan fingerprint density at radius 2 is 0.939 bits per heavy atom. The summed E-state index contributed by atoms with van der Waals surface area (Å²) >= 11 is 0. The van der Waals surface area contributed by atoms with Crippen molar-refractivity contribution in [2.24, 2.45) is 5.73 Å². The van der Waals surface area contributed by atoms with Crippen LogP contribution in [0.2, 0.25) is 0 Å². The van der Waals surface area contributed by atoms with E-state index in [4.69, 9.17) is 25.4 Å². The Morgan fingerprint density at radius 3 is 1.37 bits per heavy atom. The summed E-state index contributed by atoms with van der Waals surface area (Å²) in [6.07, 6.45) is 4.95. The molecule has 0 spiro atoms. The van der Waals surface area contributed by atoms with E-state index in [1.165, 1.54) is 0 Å². The standard InChI is InChI=1S/C31H55N5O13/c1-2-3-4-5-6-7-8-26(40)33-21(17-48-19-37)9-14-29(43)36-24(31(46)47)12-16-27(41)34-22(18-49-20-38)10-15-28(42)35-23(30(44)45)11-13-25(32)39/h21-24,37-38H,2-20H2,1H3,(H2,32,39)(H,33,40)(H,34,41)(H,35,42)(H,36,43)(H,44,45)(H,46,47). The Labute approximate surface area is 286 Å². The molecule has 18 nitrogen and oxygen atoms in total. The SMILES string of the molecule is CCCCCCCCC(=O)NC(CCC(=O)NC(CCC(=O)NC(CCC(=O)NC(CCC(N)=O)C(=O)O)COCO)C(=O)O)COCO. The molecule has 4 unspecified atom stereocenters. The molecule has 0 aromatic heterocycles. The lowest BCUT2D eigenvalue weighted by Gasteiger charge is -2.21. The first kappa shape index (κ1) is 45.1. The van der Waals surface area contributed by atoms with E-state index in [1.54, 1.807) is 0 Å². The molecule has 0 aliphatic rings. The van der Waals surface area contributed by atoms with Gasteiger partial charge in [-0.1, -0.05) is 39.0 Å². The highest BCUT2D eigenvalue weighted by molar-refractivity contribution is 5.85. The molecule has 0 heterocycles. The molecule has 4 atom stereocenters. The zero-order valence-corrected chi connectivity index (χ0v) is 28.3. The van der Waals surface area contributed by atoms with Crippen LogP contribution in [0.3, 0.4) is 0 Å². The number of primary amides is 1. The lowest BCUT2D eigenvalue weighted by Crippen LogP contribution is -2.44. The van der Waals surface area contributed by atoms with E-state index in [-0.39, 0.29) is 70.5 Å².